The Morgan fingerprint density at radius 2 is 1.76 bits per heavy atom. The van der Waals surface area contributed by atoms with Crippen molar-refractivity contribution in [2.24, 2.45) is 0 Å². The third kappa shape index (κ3) is 5.22. The van der Waals surface area contributed by atoms with Crippen molar-refractivity contribution in [3.05, 3.63) is 73.9 Å². The van der Waals surface area contributed by atoms with Crippen LogP contribution in [0.25, 0.3) is 0 Å². The average molecular weight is 505 g/mol. The zero-order chi connectivity index (χ0) is 22.8. The highest BCUT2D eigenvalue weighted by Crippen LogP contribution is 2.35. The Bertz CT molecular complexity index is 1160. The summed E-state index contributed by atoms with van der Waals surface area (Å²) in [4.78, 5) is 17.9. The van der Waals surface area contributed by atoms with Gasteiger partial charge >= 0.3 is 0 Å². The molecule has 0 unspecified atom stereocenters. The van der Waals surface area contributed by atoms with E-state index in [4.69, 9.17) is 37.4 Å². The molecule has 33 heavy (non-hydrogen) atoms. The summed E-state index contributed by atoms with van der Waals surface area (Å²) in [5.74, 6) is 2.19. The van der Waals surface area contributed by atoms with Crippen LogP contribution in [0, 0.1) is 0 Å². The molecular weight excluding hydrogens is 483 g/mol. The lowest BCUT2D eigenvalue weighted by atomic mass is 10.2. The maximum atomic E-state index is 13.0. The summed E-state index contributed by atoms with van der Waals surface area (Å²) >= 11 is 13.6. The lowest BCUT2D eigenvalue weighted by molar-refractivity contribution is 0.0633. The fourth-order valence-electron chi connectivity index (χ4n) is 3.86. The van der Waals surface area contributed by atoms with E-state index in [2.05, 4.69) is 4.90 Å². The van der Waals surface area contributed by atoms with E-state index in [9.17, 15) is 4.79 Å². The van der Waals surface area contributed by atoms with Crippen molar-refractivity contribution in [1.82, 2.24) is 9.80 Å². The predicted octanol–water partition coefficient (Wildman–Crippen LogP) is 5.32. The van der Waals surface area contributed by atoms with Crippen molar-refractivity contribution >= 4 is 40.4 Å². The van der Waals surface area contributed by atoms with E-state index in [1.54, 1.807) is 0 Å². The number of ether oxygens (including phenoxy) is 3. The SMILES string of the molecule is O=C(c1cc(COc2ccc3c(c2)OCO3)cs1)N1CCN(Cc2ccc(Cl)c(Cl)c2)CC1. The quantitative estimate of drug-likeness (QED) is 0.454. The summed E-state index contributed by atoms with van der Waals surface area (Å²) in [6.45, 7) is 4.44. The van der Waals surface area contributed by atoms with Crippen molar-refractivity contribution in [2.75, 3.05) is 33.0 Å². The number of fused-ring (bicyclic) bond motifs is 1. The number of thiophene rings is 1. The fraction of sp³-hybridized carbons (Fsp3) is 0.292. The molecule has 0 aliphatic carbocycles. The molecule has 0 N–H and O–H groups in total. The number of carbonyl (C=O) groups is 1. The van der Waals surface area contributed by atoms with E-state index in [-0.39, 0.29) is 12.7 Å². The molecule has 6 nitrogen and oxygen atoms in total. The third-order valence-corrected chi connectivity index (χ3v) is 7.37. The van der Waals surface area contributed by atoms with Crippen LogP contribution >= 0.6 is 34.5 Å². The highest BCUT2D eigenvalue weighted by atomic mass is 35.5. The molecule has 0 spiro atoms. The monoisotopic (exact) mass is 504 g/mol. The van der Waals surface area contributed by atoms with Crippen LogP contribution in [0.1, 0.15) is 20.8 Å². The van der Waals surface area contributed by atoms with E-state index in [0.717, 1.165) is 41.4 Å². The maximum absolute atomic E-state index is 13.0. The van der Waals surface area contributed by atoms with Gasteiger partial charge in [0.25, 0.3) is 5.91 Å². The minimum Gasteiger partial charge on any atom is -0.489 e. The van der Waals surface area contributed by atoms with Crippen LogP contribution in [0.4, 0.5) is 0 Å². The van der Waals surface area contributed by atoms with Gasteiger partial charge in [0, 0.05) is 44.4 Å². The molecule has 0 saturated carbocycles. The Morgan fingerprint density at radius 3 is 2.58 bits per heavy atom. The Kier molecular flexibility index (Phi) is 6.64. The van der Waals surface area contributed by atoms with Gasteiger partial charge in [0.15, 0.2) is 11.5 Å². The molecule has 2 aromatic carbocycles. The molecule has 5 rings (SSSR count). The number of piperazine rings is 1. The molecule has 1 saturated heterocycles. The topological polar surface area (TPSA) is 51.2 Å². The molecule has 0 atom stereocenters. The first-order valence-electron chi connectivity index (χ1n) is 10.6. The van der Waals surface area contributed by atoms with Crippen LogP contribution in [0.5, 0.6) is 17.2 Å². The highest BCUT2D eigenvalue weighted by molar-refractivity contribution is 7.12. The van der Waals surface area contributed by atoms with Crippen LogP contribution in [0.2, 0.25) is 10.0 Å². The van der Waals surface area contributed by atoms with Gasteiger partial charge in [0.2, 0.25) is 6.79 Å². The molecule has 0 radical (unpaired) electrons. The van der Waals surface area contributed by atoms with Gasteiger partial charge in [0.05, 0.1) is 14.9 Å². The Morgan fingerprint density at radius 1 is 0.939 bits per heavy atom. The Hall–Kier alpha value is -2.45. The number of carbonyl (C=O) groups excluding carboxylic acids is 1. The number of nitrogens with zero attached hydrogens (tertiary/aromatic N) is 2. The van der Waals surface area contributed by atoms with Crippen LogP contribution in [-0.4, -0.2) is 48.7 Å². The number of hydrogen-bond acceptors (Lipinski definition) is 6. The first kappa shape index (κ1) is 22.3. The average Bonchev–Trinajstić information content (AvgIpc) is 3.49. The van der Waals surface area contributed by atoms with Gasteiger partial charge in [-0.2, -0.15) is 0 Å². The Balaban J connectivity index is 1.12. The molecule has 1 fully saturated rings. The molecule has 1 amide bonds. The predicted molar refractivity (Wildman–Crippen MR) is 129 cm³/mol. The van der Waals surface area contributed by atoms with Gasteiger partial charge in [0.1, 0.15) is 12.4 Å². The van der Waals surface area contributed by atoms with Gasteiger partial charge in [-0.3, -0.25) is 9.69 Å². The fourth-order valence-corrected chi connectivity index (χ4v) is 5.04. The van der Waals surface area contributed by atoms with E-state index in [1.807, 2.05) is 52.7 Å². The van der Waals surface area contributed by atoms with Crippen molar-refractivity contribution < 1.29 is 19.0 Å². The van der Waals surface area contributed by atoms with Crippen molar-refractivity contribution in [2.45, 2.75) is 13.2 Å². The molecule has 2 aliphatic rings. The number of halogens is 2. The first-order chi connectivity index (χ1) is 16.0. The molecule has 3 aromatic rings. The second-order valence-corrected chi connectivity index (χ2v) is 9.67. The maximum Gasteiger partial charge on any atom is 0.264 e. The van der Waals surface area contributed by atoms with Crippen molar-refractivity contribution in [3.63, 3.8) is 0 Å². The number of rotatable bonds is 6. The van der Waals surface area contributed by atoms with Crippen molar-refractivity contribution in [3.8, 4) is 17.2 Å². The van der Waals surface area contributed by atoms with Gasteiger partial charge in [-0.05, 0) is 41.3 Å². The second kappa shape index (κ2) is 9.81. The van der Waals surface area contributed by atoms with E-state index < -0.39 is 0 Å². The van der Waals surface area contributed by atoms with Crippen molar-refractivity contribution in [1.29, 1.82) is 0 Å². The molecular formula is C24H22Cl2N2O4S. The first-order valence-corrected chi connectivity index (χ1v) is 12.2. The summed E-state index contributed by atoms with van der Waals surface area (Å²) in [5, 5.41) is 3.10. The number of hydrogen-bond donors (Lipinski definition) is 0. The summed E-state index contributed by atoms with van der Waals surface area (Å²) < 4.78 is 16.6. The lowest BCUT2D eigenvalue weighted by Gasteiger charge is -2.34. The normalized spacial score (nSPS) is 15.6. The summed E-state index contributed by atoms with van der Waals surface area (Å²) in [6.07, 6.45) is 0. The second-order valence-electron chi connectivity index (χ2n) is 7.94. The largest absolute Gasteiger partial charge is 0.489 e. The van der Waals surface area contributed by atoms with Gasteiger partial charge in [-0.25, -0.2) is 0 Å². The van der Waals surface area contributed by atoms with Gasteiger partial charge in [-0.1, -0.05) is 29.3 Å². The summed E-state index contributed by atoms with van der Waals surface area (Å²) in [7, 11) is 0. The van der Waals surface area contributed by atoms with Crippen LogP contribution in [0.3, 0.4) is 0 Å². The molecule has 172 valence electrons. The number of benzene rings is 2. The van der Waals surface area contributed by atoms with Crippen LogP contribution < -0.4 is 14.2 Å². The molecule has 1 aromatic heterocycles. The third-order valence-electron chi connectivity index (χ3n) is 5.66. The van der Waals surface area contributed by atoms with Gasteiger partial charge in [-0.15, -0.1) is 11.3 Å². The molecule has 9 heteroatoms. The van der Waals surface area contributed by atoms with Crippen LogP contribution in [-0.2, 0) is 13.2 Å². The van der Waals surface area contributed by atoms with E-state index >= 15 is 0 Å². The molecule has 3 heterocycles. The lowest BCUT2D eigenvalue weighted by Crippen LogP contribution is -2.48. The minimum absolute atomic E-state index is 0.0727. The zero-order valence-electron chi connectivity index (χ0n) is 17.8. The summed E-state index contributed by atoms with van der Waals surface area (Å²) in [6, 6.07) is 13.1. The standard InChI is InChI=1S/C24H22Cl2N2O4S/c25-19-3-1-16(9-20(19)26)12-27-5-7-28(8-6-27)24(29)23-10-17(14-33-23)13-30-18-2-4-21-22(11-18)32-15-31-21/h1-4,9-11,14H,5-8,12-13,15H2. The van der Waals surface area contributed by atoms with Crippen LogP contribution in [0.15, 0.2) is 47.8 Å². The van der Waals surface area contributed by atoms with Gasteiger partial charge < -0.3 is 19.1 Å². The summed E-state index contributed by atoms with van der Waals surface area (Å²) in [5.41, 5.74) is 2.09. The minimum atomic E-state index is 0.0727. The molecule has 2 aliphatic heterocycles. The van der Waals surface area contributed by atoms with E-state index in [1.165, 1.54) is 11.3 Å². The zero-order valence-corrected chi connectivity index (χ0v) is 20.1. The van der Waals surface area contributed by atoms with E-state index in [0.29, 0.717) is 41.2 Å². The molecule has 0 bridgehead atoms. The smallest absolute Gasteiger partial charge is 0.264 e. The number of amides is 1. The highest BCUT2D eigenvalue weighted by Gasteiger charge is 2.23. The Labute approximate surface area is 206 Å².